The van der Waals surface area contributed by atoms with Gasteiger partial charge in [0.25, 0.3) is 0 Å². The van der Waals surface area contributed by atoms with Crippen LogP contribution in [0, 0.1) is 0 Å². The van der Waals surface area contributed by atoms with Gasteiger partial charge in [0.2, 0.25) is 0 Å². The van der Waals surface area contributed by atoms with Gasteiger partial charge in [0.15, 0.2) is 5.96 Å². The van der Waals surface area contributed by atoms with Crippen molar-refractivity contribution in [3.8, 4) is 0 Å². The molecule has 1 fully saturated rings. The SMILES string of the molecule is CN=C(NCCc1c[nH]c2ccccc12)NCC1(NC(C)c2ccccc2)CCOCC1. The highest BCUT2D eigenvalue weighted by atomic mass is 16.5. The molecule has 1 aromatic heterocycles. The molecular weight excluding hydrogens is 398 g/mol. The Balaban J connectivity index is 1.33. The van der Waals surface area contributed by atoms with Crippen LogP contribution >= 0.6 is 0 Å². The fourth-order valence-electron chi connectivity index (χ4n) is 4.55. The molecule has 0 aliphatic carbocycles. The molecule has 0 amide bonds. The molecule has 6 nitrogen and oxygen atoms in total. The van der Waals surface area contributed by atoms with Gasteiger partial charge in [-0.25, -0.2) is 0 Å². The number of para-hydroxylation sites is 1. The molecule has 4 rings (SSSR count). The first-order valence-electron chi connectivity index (χ1n) is 11.6. The average Bonchev–Trinajstić information content (AvgIpc) is 3.25. The van der Waals surface area contributed by atoms with Crippen molar-refractivity contribution < 1.29 is 4.74 Å². The van der Waals surface area contributed by atoms with Crippen molar-refractivity contribution in [1.29, 1.82) is 0 Å². The number of hydrogen-bond donors (Lipinski definition) is 4. The van der Waals surface area contributed by atoms with E-state index in [1.54, 1.807) is 0 Å². The number of nitrogens with zero attached hydrogens (tertiary/aromatic N) is 1. The van der Waals surface area contributed by atoms with Gasteiger partial charge in [-0.05, 0) is 43.4 Å². The molecular formula is C26H35N5O. The summed E-state index contributed by atoms with van der Waals surface area (Å²) in [5, 5.41) is 12.2. The lowest BCUT2D eigenvalue weighted by atomic mass is 9.88. The van der Waals surface area contributed by atoms with E-state index in [2.05, 4.69) is 93.6 Å². The molecule has 3 aromatic rings. The Morgan fingerprint density at radius 2 is 1.81 bits per heavy atom. The summed E-state index contributed by atoms with van der Waals surface area (Å²) >= 11 is 0. The number of rotatable bonds is 8. The normalized spacial score (nSPS) is 17.2. The summed E-state index contributed by atoms with van der Waals surface area (Å²) in [6.07, 6.45) is 4.99. The van der Waals surface area contributed by atoms with Gasteiger partial charge in [-0.1, -0.05) is 48.5 Å². The number of nitrogens with one attached hydrogen (secondary N) is 4. The van der Waals surface area contributed by atoms with Crippen LogP contribution in [0.2, 0.25) is 0 Å². The number of fused-ring (bicyclic) bond motifs is 1. The van der Waals surface area contributed by atoms with E-state index in [0.29, 0.717) is 0 Å². The molecule has 1 unspecified atom stereocenters. The monoisotopic (exact) mass is 433 g/mol. The summed E-state index contributed by atoms with van der Waals surface area (Å²) < 4.78 is 5.67. The standard InChI is InChI=1S/C26H35N5O/c1-20(21-8-4-3-5-9-21)31-26(13-16-32-17-14-26)19-30-25(27-2)28-15-12-22-18-29-24-11-7-6-10-23(22)24/h3-11,18,20,29,31H,12-17,19H2,1-2H3,(H2,27,28,30). The molecule has 170 valence electrons. The molecule has 1 atom stereocenters. The van der Waals surface area contributed by atoms with Gasteiger partial charge in [-0.15, -0.1) is 0 Å². The van der Waals surface area contributed by atoms with Gasteiger partial charge in [0, 0.05) is 62.0 Å². The minimum absolute atomic E-state index is 0.0258. The van der Waals surface area contributed by atoms with Crippen molar-refractivity contribution in [2.24, 2.45) is 4.99 Å². The minimum atomic E-state index is -0.0258. The Hall–Kier alpha value is -2.83. The highest BCUT2D eigenvalue weighted by Crippen LogP contribution is 2.25. The molecule has 1 saturated heterocycles. The number of aromatic amines is 1. The minimum Gasteiger partial charge on any atom is -0.381 e. The number of hydrogen-bond acceptors (Lipinski definition) is 3. The van der Waals surface area contributed by atoms with Gasteiger partial charge in [0.05, 0.1) is 0 Å². The molecule has 0 spiro atoms. The van der Waals surface area contributed by atoms with Crippen LogP contribution in [-0.2, 0) is 11.2 Å². The third kappa shape index (κ3) is 5.50. The fraction of sp³-hybridized carbons (Fsp3) is 0.423. The molecule has 6 heteroatoms. The maximum Gasteiger partial charge on any atom is 0.191 e. The third-order valence-electron chi connectivity index (χ3n) is 6.45. The maximum atomic E-state index is 5.67. The van der Waals surface area contributed by atoms with E-state index >= 15 is 0 Å². The lowest BCUT2D eigenvalue weighted by Crippen LogP contribution is -2.58. The number of H-pyrrole nitrogens is 1. The van der Waals surface area contributed by atoms with Gasteiger partial charge in [-0.3, -0.25) is 4.99 Å². The van der Waals surface area contributed by atoms with Crippen LogP contribution < -0.4 is 16.0 Å². The highest BCUT2D eigenvalue weighted by Gasteiger charge is 2.34. The summed E-state index contributed by atoms with van der Waals surface area (Å²) in [7, 11) is 1.83. The largest absolute Gasteiger partial charge is 0.381 e. The van der Waals surface area contributed by atoms with E-state index in [1.807, 2.05) is 7.05 Å². The number of ether oxygens (including phenoxy) is 1. The Morgan fingerprint density at radius 3 is 2.59 bits per heavy atom. The summed E-state index contributed by atoms with van der Waals surface area (Å²) in [6.45, 7) is 5.43. The average molecular weight is 434 g/mol. The first-order chi connectivity index (χ1) is 15.7. The van der Waals surface area contributed by atoms with Crippen LogP contribution in [0.3, 0.4) is 0 Å². The highest BCUT2D eigenvalue weighted by molar-refractivity contribution is 5.83. The van der Waals surface area contributed by atoms with Crippen molar-refractivity contribution in [2.75, 3.05) is 33.4 Å². The molecule has 32 heavy (non-hydrogen) atoms. The van der Waals surface area contributed by atoms with E-state index in [0.717, 1.165) is 51.5 Å². The lowest BCUT2D eigenvalue weighted by Gasteiger charge is -2.41. The predicted molar refractivity (Wildman–Crippen MR) is 132 cm³/mol. The quantitative estimate of drug-likeness (QED) is 0.322. The maximum absolute atomic E-state index is 5.67. The zero-order chi connectivity index (χ0) is 22.2. The van der Waals surface area contributed by atoms with Gasteiger partial charge >= 0.3 is 0 Å². The van der Waals surface area contributed by atoms with E-state index in [4.69, 9.17) is 4.74 Å². The van der Waals surface area contributed by atoms with Gasteiger partial charge in [0.1, 0.15) is 0 Å². The second kappa shape index (κ2) is 10.7. The van der Waals surface area contributed by atoms with Crippen LogP contribution in [0.25, 0.3) is 10.9 Å². The number of benzene rings is 2. The van der Waals surface area contributed by atoms with Gasteiger partial charge in [-0.2, -0.15) is 0 Å². The number of aromatic nitrogens is 1. The fourth-order valence-corrected chi connectivity index (χ4v) is 4.55. The van der Waals surface area contributed by atoms with Crippen LogP contribution in [0.5, 0.6) is 0 Å². The summed E-state index contributed by atoms with van der Waals surface area (Å²) in [5.41, 5.74) is 3.79. The summed E-state index contributed by atoms with van der Waals surface area (Å²) in [6, 6.07) is 19.3. The summed E-state index contributed by atoms with van der Waals surface area (Å²) in [4.78, 5) is 7.80. The molecule has 1 aliphatic heterocycles. The first-order valence-corrected chi connectivity index (χ1v) is 11.6. The Labute approximate surface area is 190 Å². The second-order valence-corrected chi connectivity index (χ2v) is 8.63. The Bertz CT molecular complexity index is 1010. The first kappa shape index (κ1) is 22.4. The topological polar surface area (TPSA) is 73.5 Å². The van der Waals surface area contributed by atoms with E-state index in [9.17, 15) is 0 Å². The molecule has 0 saturated carbocycles. The van der Waals surface area contributed by atoms with Crippen molar-refractivity contribution in [1.82, 2.24) is 20.9 Å². The van der Waals surface area contributed by atoms with Crippen molar-refractivity contribution in [3.63, 3.8) is 0 Å². The van der Waals surface area contributed by atoms with E-state index in [1.165, 1.54) is 22.0 Å². The van der Waals surface area contributed by atoms with E-state index < -0.39 is 0 Å². The van der Waals surface area contributed by atoms with Crippen molar-refractivity contribution >= 4 is 16.9 Å². The molecule has 4 N–H and O–H groups in total. The van der Waals surface area contributed by atoms with Crippen molar-refractivity contribution in [2.45, 2.75) is 37.8 Å². The molecule has 0 radical (unpaired) electrons. The van der Waals surface area contributed by atoms with Crippen LogP contribution in [0.1, 0.15) is 36.9 Å². The molecule has 0 bridgehead atoms. The van der Waals surface area contributed by atoms with Crippen LogP contribution in [0.4, 0.5) is 0 Å². The zero-order valence-corrected chi connectivity index (χ0v) is 19.2. The van der Waals surface area contributed by atoms with Crippen molar-refractivity contribution in [3.05, 3.63) is 71.9 Å². The Morgan fingerprint density at radius 1 is 1.06 bits per heavy atom. The Kier molecular flexibility index (Phi) is 7.45. The molecule has 2 heterocycles. The van der Waals surface area contributed by atoms with E-state index in [-0.39, 0.29) is 11.6 Å². The summed E-state index contributed by atoms with van der Waals surface area (Å²) in [5.74, 6) is 0.838. The second-order valence-electron chi connectivity index (χ2n) is 8.63. The lowest BCUT2D eigenvalue weighted by molar-refractivity contribution is 0.0355. The van der Waals surface area contributed by atoms with Crippen LogP contribution in [0.15, 0.2) is 65.8 Å². The van der Waals surface area contributed by atoms with Crippen LogP contribution in [-0.4, -0.2) is 49.8 Å². The predicted octanol–water partition coefficient (Wildman–Crippen LogP) is 3.78. The zero-order valence-electron chi connectivity index (χ0n) is 19.2. The molecule has 2 aromatic carbocycles. The smallest absolute Gasteiger partial charge is 0.191 e. The third-order valence-corrected chi connectivity index (χ3v) is 6.45. The number of guanidine groups is 1. The molecule has 1 aliphatic rings. The number of aliphatic imine (C=N–C) groups is 1. The van der Waals surface area contributed by atoms with Gasteiger partial charge < -0.3 is 25.7 Å².